The average Bonchev–Trinajstić information content (AvgIpc) is 3.30. The summed E-state index contributed by atoms with van der Waals surface area (Å²) in [5, 5.41) is 1.96. The summed E-state index contributed by atoms with van der Waals surface area (Å²) in [5.41, 5.74) is 2.96. The largest absolute Gasteiger partial charge is 0.493 e. The lowest BCUT2D eigenvalue weighted by Gasteiger charge is -2.31. The third kappa shape index (κ3) is 6.57. The molecule has 1 aliphatic heterocycles. The highest BCUT2D eigenvalue weighted by Gasteiger charge is 2.28. The van der Waals surface area contributed by atoms with Gasteiger partial charge in [0.15, 0.2) is 16.3 Å². The van der Waals surface area contributed by atoms with Crippen LogP contribution in [0.3, 0.4) is 0 Å². The highest BCUT2D eigenvalue weighted by molar-refractivity contribution is 7.07. The number of aromatic nitrogens is 1. The van der Waals surface area contributed by atoms with Crippen LogP contribution < -0.4 is 14.3 Å². The minimum atomic E-state index is -0.376. The molecule has 0 saturated carbocycles. The highest BCUT2D eigenvalue weighted by atomic mass is 32.1. The predicted octanol–water partition coefficient (Wildman–Crippen LogP) is 4.08. The Morgan fingerprint density at radius 2 is 1.64 bits per heavy atom. The fourth-order valence-corrected chi connectivity index (χ4v) is 5.39. The minimum Gasteiger partial charge on any atom is -0.493 e. The molecule has 4 rings (SSSR count). The number of hydrogen-bond donors (Lipinski definition) is 0. The zero-order chi connectivity index (χ0) is 27.9. The van der Waals surface area contributed by atoms with Crippen molar-refractivity contribution in [1.82, 2.24) is 9.47 Å². The van der Waals surface area contributed by atoms with Crippen molar-refractivity contribution < 1.29 is 28.6 Å². The maximum absolute atomic E-state index is 13.0. The number of esters is 1. The number of rotatable bonds is 8. The molecule has 0 bridgehead atoms. The molecule has 2 aromatic carbocycles. The molecule has 9 nitrogen and oxygen atoms in total. The molecular formula is C29H33N3O6S. The number of thiazole rings is 1. The van der Waals surface area contributed by atoms with Gasteiger partial charge < -0.3 is 23.7 Å². The summed E-state index contributed by atoms with van der Waals surface area (Å²) in [6.45, 7) is 5.71. The Hall–Kier alpha value is -3.92. The molecule has 0 atom stereocenters. The fourth-order valence-electron chi connectivity index (χ4n) is 4.51. The van der Waals surface area contributed by atoms with E-state index in [0.717, 1.165) is 11.3 Å². The first-order valence-electron chi connectivity index (χ1n) is 12.9. The second kappa shape index (κ2) is 12.8. The van der Waals surface area contributed by atoms with Crippen LogP contribution >= 0.6 is 11.3 Å². The Morgan fingerprint density at radius 3 is 2.28 bits per heavy atom. The summed E-state index contributed by atoms with van der Waals surface area (Å²) < 4.78 is 17.6. The lowest BCUT2D eigenvalue weighted by molar-refractivity contribution is -0.149. The van der Waals surface area contributed by atoms with Crippen LogP contribution in [0.2, 0.25) is 0 Å². The molecule has 10 heteroatoms. The Morgan fingerprint density at radius 1 is 0.974 bits per heavy atom. The van der Waals surface area contributed by atoms with Crippen molar-refractivity contribution in [2.45, 2.75) is 33.2 Å². The highest BCUT2D eigenvalue weighted by Crippen LogP contribution is 2.28. The molecule has 0 N–H and O–H groups in total. The van der Waals surface area contributed by atoms with Gasteiger partial charge in [0.05, 0.1) is 33.3 Å². The second-order valence-corrected chi connectivity index (χ2v) is 10.1. The van der Waals surface area contributed by atoms with Gasteiger partial charge in [-0.3, -0.25) is 14.4 Å². The van der Waals surface area contributed by atoms with E-state index in [4.69, 9.17) is 14.2 Å². The Bertz CT molecular complexity index is 1400. The number of methoxy groups -OCH3 is 2. The number of likely N-dealkylation sites (tertiary alicyclic amines) is 1. The molecule has 0 unspecified atom stereocenters. The first-order chi connectivity index (χ1) is 18.8. The quantitative estimate of drug-likeness (QED) is 0.391. The van der Waals surface area contributed by atoms with E-state index in [1.807, 2.05) is 41.1 Å². The summed E-state index contributed by atoms with van der Waals surface area (Å²) >= 11 is 1.39. The molecule has 0 spiro atoms. The van der Waals surface area contributed by atoms with E-state index in [1.54, 1.807) is 37.1 Å². The van der Waals surface area contributed by atoms with Crippen molar-refractivity contribution in [2.75, 3.05) is 33.9 Å². The maximum atomic E-state index is 13.0. The van der Waals surface area contributed by atoms with Crippen molar-refractivity contribution in [2.24, 2.45) is 10.9 Å². The van der Waals surface area contributed by atoms with Crippen LogP contribution in [0.4, 0.5) is 0 Å². The molecule has 1 fully saturated rings. The summed E-state index contributed by atoms with van der Waals surface area (Å²) in [6, 6.07) is 12.4. The third-order valence-electron chi connectivity index (χ3n) is 6.76. The Kier molecular flexibility index (Phi) is 9.19. The van der Waals surface area contributed by atoms with E-state index in [1.165, 1.54) is 18.4 Å². The summed E-state index contributed by atoms with van der Waals surface area (Å²) in [7, 11) is 3.06. The van der Waals surface area contributed by atoms with Gasteiger partial charge >= 0.3 is 5.97 Å². The third-order valence-corrected chi connectivity index (χ3v) is 7.74. The molecule has 3 aromatic rings. The Balaban J connectivity index is 1.44. The smallest absolute Gasteiger partial charge is 0.309 e. The predicted molar refractivity (Wildman–Crippen MR) is 147 cm³/mol. The second-order valence-electron chi connectivity index (χ2n) is 9.25. The summed E-state index contributed by atoms with van der Waals surface area (Å²) in [6.07, 6.45) is 1.23. The van der Waals surface area contributed by atoms with E-state index in [2.05, 4.69) is 4.99 Å². The van der Waals surface area contributed by atoms with Crippen LogP contribution in [0.25, 0.3) is 0 Å². The molecule has 1 aliphatic rings. The van der Waals surface area contributed by atoms with Crippen LogP contribution in [-0.2, 0) is 16.1 Å². The minimum absolute atomic E-state index is 0.0422. The fraction of sp³-hybridized carbons (Fsp3) is 0.379. The molecule has 206 valence electrons. The van der Waals surface area contributed by atoms with E-state index >= 15 is 0 Å². The molecule has 2 heterocycles. The van der Waals surface area contributed by atoms with Crippen molar-refractivity contribution in [3.05, 3.63) is 75.0 Å². The standard InChI is InChI=1S/C29H33N3O6S/c1-5-38-28(35)22-12-14-31(15-13-22)27(34)21-8-6-20(7-9-21)17-32-19(2)18-39-29(32)30-26(33)23-10-11-24(36-3)25(16-23)37-4/h6-11,16,18,22H,5,12-15,17H2,1-4H3. The number of ether oxygens (including phenoxy) is 3. The number of hydrogen-bond acceptors (Lipinski definition) is 7. The van der Waals surface area contributed by atoms with Gasteiger partial charge in [-0.2, -0.15) is 4.99 Å². The number of amides is 2. The molecule has 0 aliphatic carbocycles. The van der Waals surface area contributed by atoms with Gasteiger partial charge in [0.2, 0.25) is 0 Å². The molecule has 2 amide bonds. The normalized spacial score (nSPS) is 14.3. The van der Waals surface area contributed by atoms with Gasteiger partial charge in [-0.05, 0) is 62.6 Å². The maximum Gasteiger partial charge on any atom is 0.309 e. The lowest BCUT2D eigenvalue weighted by atomic mass is 9.96. The van der Waals surface area contributed by atoms with Gasteiger partial charge in [-0.25, -0.2) is 0 Å². The van der Waals surface area contributed by atoms with Crippen molar-refractivity contribution in [3.8, 4) is 11.5 Å². The van der Waals surface area contributed by atoms with Crippen LogP contribution in [0.1, 0.15) is 51.7 Å². The van der Waals surface area contributed by atoms with Crippen molar-refractivity contribution in [3.63, 3.8) is 0 Å². The van der Waals surface area contributed by atoms with Crippen molar-refractivity contribution >= 4 is 29.1 Å². The number of benzene rings is 2. The number of piperidine rings is 1. The SMILES string of the molecule is CCOC(=O)C1CCN(C(=O)c2ccc(Cn3c(C)csc3=NC(=O)c3ccc(OC)c(OC)c3)cc2)CC1. The van der Waals surface area contributed by atoms with E-state index in [0.29, 0.717) is 66.5 Å². The van der Waals surface area contributed by atoms with E-state index < -0.39 is 0 Å². The van der Waals surface area contributed by atoms with Gasteiger partial charge in [0.1, 0.15) is 0 Å². The number of carbonyl (C=O) groups is 3. The number of carbonyl (C=O) groups excluding carboxylic acids is 3. The zero-order valence-corrected chi connectivity index (χ0v) is 23.5. The molecular weight excluding hydrogens is 518 g/mol. The van der Waals surface area contributed by atoms with Gasteiger partial charge in [0, 0.05) is 35.3 Å². The number of aryl methyl sites for hydroxylation is 1. The van der Waals surface area contributed by atoms with Crippen molar-refractivity contribution in [1.29, 1.82) is 0 Å². The monoisotopic (exact) mass is 551 g/mol. The van der Waals surface area contributed by atoms with Gasteiger partial charge in [0.25, 0.3) is 11.8 Å². The molecule has 39 heavy (non-hydrogen) atoms. The van der Waals surface area contributed by atoms with Gasteiger partial charge in [-0.1, -0.05) is 12.1 Å². The van der Waals surface area contributed by atoms with Gasteiger partial charge in [-0.15, -0.1) is 11.3 Å². The summed E-state index contributed by atoms with van der Waals surface area (Å²) in [5.74, 6) is 0.275. The first kappa shape index (κ1) is 28.1. The topological polar surface area (TPSA) is 99.4 Å². The molecule has 0 radical (unpaired) electrons. The number of nitrogens with zero attached hydrogens (tertiary/aromatic N) is 3. The van der Waals surface area contributed by atoms with Crippen LogP contribution in [0.5, 0.6) is 11.5 Å². The molecule has 1 aromatic heterocycles. The average molecular weight is 552 g/mol. The van der Waals surface area contributed by atoms with E-state index in [9.17, 15) is 14.4 Å². The van der Waals surface area contributed by atoms with Crippen LogP contribution in [-0.4, -0.2) is 61.2 Å². The Labute approximate surface area is 231 Å². The van der Waals surface area contributed by atoms with Crippen LogP contribution in [0, 0.1) is 12.8 Å². The van der Waals surface area contributed by atoms with Crippen LogP contribution in [0.15, 0.2) is 52.8 Å². The lowest BCUT2D eigenvalue weighted by Crippen LogP contribution is -2.40. The zero-order valence-electron chi connectivity index (χ0n) is 22.6. The first-order valence-corrected chi connectivity index (χ1v) is 13.7. The van der Waals surface area contributed by atoms with E-state index in [-0.39, 0.29) is 23.7 Å². The molecule has 1 saturated heterocycles. The summed E-state index contributed by atoms with van der Waals surface area (Å²) in [4.78, 5) is 44.7.